The van der Waals surface area contributed by atoms with E-state index in [0.29, 0.717) is 6.42 Å². The van der Waals surface area contributed by atoms with E-state index in [0.717, 1.165) is 13.5 Å². The molecule has 1 atom stereocenters. The van der Waals surface area contributed by atoms with Gasteiger partial charge in [0.2, 0.25) is 5.54 Å². The maximum Gasteiger partial charge on any atom is 0.337 e. The quantitative estimate of drug-likeness (QED) is 0.474. The minimum Gasteiger partial charge on any atom is -0.479 e. The topological polar surface area (TPSA) is 89.6 Å². The lowest BCUT2D eigenvalue weighted by atomic mass is 9.94. The molecule has 0 aliphatic heterocycles. The van der Waals surface area contributed by atoms with E-state index in [1.54, 1.807) is 0 Å². The highest BCUT2D eigenvalue weighted by molar-refractivity contribution is 6.03. The molecule has 3 N–H and O–H groups in total. The van der Waals surface area contributed by atoms with Crippen LogP contribution >= 0.6 is 0 Å². The van der Waals surface area contributed by atoms with Crippen molar-refractivity contribution in [3.05, 3.63) is 0 Å². The third kappa shape index (κ3) is 2.69. The maximum atomic E-state index is 11.1. The Kier molecular flexibility index (Phi) is 4.40. The molecule has 0 rings (SSSR count). The third-order valence-electron chi connectivity index (χ3n) is 1.86. The summed E-state index contributed by atoms with van der Waals surface area (Å²) in [5, 5.41) is 8.73. The van der Waals surface area contributed by atoms with Crippen LogP contribution in [0, 0.1) is 0 Å². The molecule has 0 amide bonds. The number of carboxylic acids is 1. The molecule has 0 radical (unpaired) electrons. The molecule has 0 aliphatic carbocycles. The molecule has 5 heteroatoms. The lowest BCUT2D eigenvalue weighted by Crippen LogP contribution is -2.55. The minimum absolute atomic E-state index is 0.103. The first-order chi connectivity index (χ1) is 5.99. The molecule has 0 aromatic heterocycles. The van der Waals surface area contributed by atoms with Gasteiger partial charge in [0.05, 0.1) is 7.11 Å². The standard InChI is InChI=1S/C8H15NO4/c1-3-4-5-8(9,6(10)11)7(12)13-2/h3-5,9H2,1-2H3,(H,10,11). The van der Waals surface area contributed by atoms with Crippen molar-refractivity contribution in [3.63, 3.8) is 0 Å². The number of nitrogens with two attached hydrogens (primary N) is 1. The lowest BCUT2D eigenvalue weighted by molar-refractivity contribution is -0.159. The van der Waals surface area contributed by atoms with Gasteiger partial charge in [0.1, 0.15) is 0 Å². The predicted molar refractivity (Wildman–Crippen MR) is 46.1 cm³/mol. The molecule has 0 bridgehead atoms. The smallest absolute Gasteiger partial charge is 0.337 e. The van der Waals surface area contributed by atoms with Crippen molar-refractivity contribution in [2.24, 2.45) is 5.73 Å². The SMILES string of the molecule is CCCCC(N)(C(=O)O)C(=O)OC. The second-order valence-electron chi connectivity index (χ2n) is 2.87. The Morgan fingerprint density at radius 1 is 1.54 bits per heavy atom. The Morgan fingerprint density at radius 3 is 2.38 bits per heavy atom. The molecule has 1 unspecified atom stereocenters. The second kappa shape index (κ2) is 4.81. The fraction of sp³-hybridized carbons (Fsp3) is 0.750. The molecule has 0 aliphatic rings. The number of hydrogen-bond acceptors (Lipinski definition) is 4. The van der Waals surface area contributed by atoms with E-state index in [1.165, 1.54) is 0 Å². The molecule has 0 spiro atoms. The number of methoxy groups -OCH3 is 1. The minimum atomic E-state index is -1.88. The summed E-state index contributed by atoms with van der Waals surface area (Å²) >= 11 is 0. The molecule has 0 heterocycles. The van der Waals surface area contributed by atoms with E-state index in [2.05, 4.69) is 4.74 Å². The van der Waals surface area contributed by atoms with E-state index in [-0.39, 0.29) is 6.42 Å². The monoisotopic (exact) mass is 189 g/mol. The van der Waals surface area contributed by atoms with Gasteiger partial charge in [0.15, 0.2) is 0 Å². The molecule has 0 aromatic carbocycles. The summed E-state index contributed by atoms with van der Waals surface area (Å²) in [6, 6.07) is 0. The Hall–Kier alpha value is -1.10. The van der Waals surface area contributed by atoms with Crippen molar-refractivity contribution >= 4 is 11.9 Å². The second-order valence-corrected chi connectivity index (χ2v) is 2.87. The van der Waals surface area contributed by atoms with E-state index >= 15 is 0 Å². The summed E-state index contributed by atoms with van der Waals surface area (Å²) in [4.78, 5) is 21.8. The number of carbonyl (C=O) groups excluding carboxylic acids is 1. The zero-order chi connectivity index (χ0) is 10.5. The molecule has 0 fully saturated rings. The predicted octanol–water partition coefficient (Wildman–Crippen LogP) is 0.132. The van der Waals surface area contributed by atoms with Gasteiger partial charge >= 0.3 is 11.9 Å². The van der Waals surface area contributed by atoms with Gasteiger partial charge in [-0.1, -0.05) is 19.8 Å². The van der Waals surface area contributed by atoms with E-state index in [9.17, 15) is 9.59 Å². The van der Waals surface area contributed by atoms with Gasteiger partial charge in [-0.2, -0.15) is 0 Å². The zero-order valence-electron chi connectivity index (χ0n) is 7.87. The van der Waals surface area contributed by atoms with Crippen LogP contribution in [0.15, 0.2) is 0 Å². The average Bonchev–Trinajstić information content (AvgIpc) is 2.12. The fourth-order valence-corrected chi connectivity index (χ4v) is 0.934. The first-order valence-corrected chi connectivity index (χ1v) is 4.09. The van der Waals surface area contributed by atoms with Crippen LogP contribution in [0.5, 0.6) is 0 Å². The molecule has 0 saturated heterocycles. The highest BCUT2D eigenvalue weighted by Crippen LogP contribution is 2.13. The lowest BCUT2D eigenvalue weighted by Gasteiger charge is -2.20. The van der Waals surface area contributed by atoms with Crippen LogP contribution in [0.25, 0.3) is 0 Å². The average molecular weight is 189 g/mol. The molecule has 76 valence electrons. The summed E-state index contributed by atoms with van der Waals surface area (Å²) in [6.45, 7) is 1.89. The van der Waals surface area contributed by atoms with Crippen LogP contribution in [0.1, 0.15) is 26.2 Å². The van der Waals surface area contributed by atoms with Crippen molar-refractivity contribution < 1.29 is 19.4 Å². The van der Waals surface area contributed by atoms with Crippen molar-refractivity contribution in [1.82, 2.24) is 0 Å². The number of aliphatic carboxylic acids is 1. The number of unbranched alkanes of at least 4 members (excludes halogenated alkanes) is 1. The number of ether oxygens (including phenoxy) is 1. The normalized spacial score (nSPS) is 14.7. The van der Waals surface area contributed by atoms with Crippen LogP contribution in [0.3, 0.4) is 0 Å². The number of carboxylic acid groups (broad SMARTS) is 1. The van der Waals surface area contributed by atoms with Crippen molar-refractivity contribution in [2.45, 2.75) is 31.7 Å². The molecule has 0 aromatic rings. The van der Waals surface area contributed by atoms with Gasteiger partial charge in [-0.15, -0.1) is 0 Å². The zero-order valence-corrected chi connectivity index (χ0v) is 7.87. The van der Waals surface area contributed by atoms with Gasteiger partial charge < -0.3 is 15.6 Å². The van der Waals surface area contributed by atoms with Gasteiger partial charge in [0, 0.05) is 0 Å². The van der Waals surface area contributed by atoms with Gasteiger partial charge in [-0.3, -0.25) is 0 Å². The summed E-state index contributed by atoms with van der Waals surface area (Å²) in [7, 11) is 1.12. The van der Waals surface area contributed by atoms with E-state index < -0.39 is 17.5 Å². The molecular weight excluding hydrogens is 174 g/mol. The van der Waals surface area contributed by atoms with Crippen LogP contribution in [0.4, 0.5) is 0 Å². The molecule has 0 saturated carbocycles. The number of hydrogen-bond donors (Lipinski definition) is 2. The third-order valence-corrected chi connectivity index (χ3v) is 1.86. The molecule has 13 heavy (non-hydrogen) atoms. The Morgan fingerprint density at radius 2 is 2.08 bits per heavy atom. The van der Waals surface area contributed by atoms with Crippen molar-refractivity contribution in [3.8, 4) is 0 Å². The van der Waals surface area contributed by atoms with Gasteiger partial charge in [0.25, 0.3) is 0 Å². The maximum absolute atomic E-state index is 11.1. The van der Waals surface area contributed by atoms with Crippen LogP contribution in [-0.2, 0) is 14.3 Å². The summed E-state index contributed by atoms with van der Waals surface area (Å²) < 4.78 is 4.33. The number of rotatable bonds is 5. The summed E-state index contributed by atoms with van der Waals surface area (Å²) in [6.07, 6.45) is 1.46. The Bertz CT molecular complexity index is 204. The molecule has 5 nitrogen and oxygen atoms in total. The van der Waals surface area contributed by atoms with Crippen LogP contribution in [-0.4, -0.2) is 29.7 Å². The van der Waals surface area contributed by atoms with Gasteiger partial charge in [-0.05, 0) is 6.42 Å². The number of carbonyl (C=O) groups is 2. The summed E-state index contributed by atoms with van der Waals surface area (Å²) in [5.74, 6) is -2.23. The Balaban J connectivity index is 4.52. The Labute approximate surface area is 76.9 Å². The van der Waals surface area contributed by atoms with E-state index in [4.69, 9.17) is 10.8 Å². The first kappa shape index (κ1) is 11.9. The largest absolute Gasteiger partial charge is 0.479 e. The van der Waals surface area contributed by atoms with Crippen LogP contribution in [0.2, 0.25) is 0 Å². The van der Waals surface area contributed by atoms with Gasteiger partial charge in [-0.25, -0.2) is 9.59 Å². The van der Waals surface area contributed by atoms with Crippen molar-refractivity contribution in [1.29, 1.82) is 0 Å². The van der Waals surface area contributed by atoms with E-state index in [1.807, 2.05) is 6.92 Å². The highest BCUT2D eigenvalue weighted by atomic mass is 16.5. The summed E-state index contributed by atoms with van der Waals surface area (Å²) in [5.41, 5.74) is 3.52. The first-order valence-electron chi connectivity index (χ1n) is 4.09. The highest BCUT2D eigenvalue weighted by Gasteiger charge is 2.42. The van der Waals surface area contributed by atoms with Crippen molar-refractivity contribution in [2.75, 3.05) is 7.11 Å². The molecular formula is C8H15NO4. The number of esters is 1. The van der Waals surface area contributed by atoms with Crippen LogP contribution < -0.4 is 5.73 Å². The fourth-order valence-electron chi connectivity index (χ4n) is 0.934.